The molecule has 0 spiro atoms. The second kappa shape index (κ2) is 7.57. The smallest absolute Gasteiger partial charge is 0.228 e. The van der Waals surface area contributed by atoms with Crippen molar-refractivity contribution in [2.45, 2.75) is 17.7 Å². The zero-order valence-corrected chi connectivity index (χ0v) is 13.5. The van der Waals surface area contributed by atoms with Gasteiger partial charge < -0.3 is 0 Å². The van der Waals surface area contributed by atoms with Crippen molar-refractivity contribution in [3.05, 3.63) is 71.8 Å². The molecule has 22 heavy (non-hydrogen) atoms. The number of alkyl halides is 2. The largest absolute Gasteiger partial charge is 0.291 e. The third kappa shape index (κ3) is 3.40. The topological polar surface area (TPSA) is 34.1 Å². The summed E-state index contributed by atoms with van der Waals surface area (Å²) >= 11 is 12.3. The fourth-order valence-corrected chi connectivity index (χ4v) is 2.79. The number of rotatable bonds is 7. The second-order valence-corrected chi connectivity index (χ2v) is 5.88. The highest BCUT2D eigenvalue weighted by atomic mass is 35.5. The van der Waals surface area contributed by atoms with Gasteiger partial charge in [0.1, 0.15) is 0 Å². The average Bonchev–Trinajstić information content (AvgIpc) is 2.59. The van der Waals surface area contributed by atoms with E-state index in [0.717, 1.165) is 0 Å². The first kappa shape index (κ1) is 16.7. The summed E-state index contributed by atoms with van der Waals surface area (Å²) < 4.78 is 0. The maximum Gasteiger partial charge on any atom is 0.228 e. The van der Waals surface area contributed by atoms with E-state index in [1.165, 1.54) is 0 Å². The van der Waals surface area contributed by atoms with Crippen LogP contribution in [-0.2, 0) is 14.5 Å². The fourth-order valence-electron chi connectivity index (χ4n) is 2.30. The predicted molar refractivity (Wildman–Crippen MR) is 89.5 cm³/mol. The number of hydrogen-bond acceptors (Lipinski definition) is 2. The van der Waals surface area contributed by atoms with E-state index in [0.29, 0.717) is 23.4 Å². The molecule has 114 valence electrons. The molecule has 0 saturated heterocycles. The van der Waals surface area contributed by atoms with E-state index in [1.807, 2.05) is 12.1 Å². The molecule has 2 rings (SSSR count). The molecule has 4 heteroatoms. The molecule has 0 aliphatic rings. The molecule has 0 amide bonds. The fraction of sp³-hybridized carbons (Fsp3) is 0.222. The lowest BCUT2D eigenvalue weighted by molar-refractivity contribution is -0.137. The molecule has 0 unspecified atom stereocenters. The Hall–Kier alpha value is -1.64. The third-order valence-corrected chi connectivity index (χ3v) is 4.32. The van der Waals surface area contributed by atoms with Crippen LogP contribution in [0.15, 0.2) is 60.7 Å². The molecule has 0 aliphatic heterocycles. The Morgan fingerprint density at radius 2 is 1.32 bits per heavy atom. The summed E-state index contributed by atoms with van der Waals surface area (Å²) in [6.45, 7) is 0. The lowest BCUT2D eigenvalue weighted by Crippen LogP contribution is -2.36. The minimum Gasteiger partial charge on any atom is -0.291 e. The van der Waals surface area contributed by atoms with Gasteiger partial charge in [-0.3, -0.25) is 9.59 Å². The van der Waals surface area contributed by atoms with Gasteiger partial charge in [-0.2, -0.15) is 0 Å². The maximum absolute atomic E-state index is 12.7. The Morgan fingerprint density at radius 1 is 0.864 bits per heavy atom. The molecular formula is C18H16Cl2O2. The van der Waals surface area contributed by atoms with E-state index < -0.39 is 16.4 Å². The molecule has 2 nitrogen and oxygen atoms in total. The lowest BCUT2D eigenvalue weighted by atomic mass is 9.84. The van der Waals surface area contributed by atoms with E-state index in [-0.39, 0.29) is 6.42 Å². The van der Waals surface area contributed by atoms with E-state index in [9.17, 15) is 9.59 Å². The van der Waals surface area contributed by atoms with E-state index in [1.54, 1.807) is 48.5 Å². The lowest BCUT2D eigenvalue weighted by Gasteiger charge is -2.26. The summed E-state index contributed by atoms with van der Waals surface area (Å²) in [6, 6.07) is 17.9. The summed E-state index contributed by atoms with van der Waals surface area (Å²) in [4.78, 5) is 23.5. The zero-order chi connectivity index (χ0) is 16.0. The van der Waals surface area contributed by atoms with Crippen molar-refractivity contribution in [1.29, 1.82) is 0 Å². The monoisotopic (exact) mass is 334 g/mol. The molecule has 0 bridgehead atoms. The van der Waals surface area contributed by atoms with Gasteiger partial charge in [0.2, 0.25) is 11.6 Å². The van der Waals surface area contributed by atoms with E-state index >= 15 is 0 Å². The predicted octanol–water partition coefficient (Wildman–Crippen LogP) is 4.33. The number of ketones is 2. The number of halogens is 2. The van der Waals surface area contributed by atoms with Crippen molar-refractivity contribution in [3.8, 4) is 0 Å². The van der Waals surface area contributed by atoms with Crippen molar-refractivity contribution in [2.24, 2.45) is 0 Å². The third-order valence-electron chi connectivity index (χ3n) is 3.45. The molecule has 0 radical (unpaired) electrons. The molecule has 0 aliphatic carbocycles. The van der Waals surface area contributed by atoms with Crippen LogP contribution in [0, 0.1) is 0 Å². The van der Waals surface area contributed by atoms with Gasteiger partial charge in [-0.25, -0.2) is 0 Å². The minimum atomic E-state index is -1.49. The Bertz CT molecular complexity index is 599. The van der Waals surface area contributed by atoms with Gasteiger partial charge in [0.15, 0.2) is 4.87 Å². The van der Waals surface area contributed by atoms with Crippen LogP contribution in [0.25, 0.3) is 0 Å². The summed E-state index contributed by atoms with van der Waals surface area (Å²) in [5.41, 5.74) is 1.18. The molecule has 0 saturated carbocycles. The van der Waals surface area contributed by atoms with Crippen molar-refractivity contribution in [2.75, 3.05) is 5.88 Å². The average molecular weight is 335 g/mol. The molecule has 0 fully saturated rings. The second-order valence-electron chi connectivity index (χ2n) is 4.94. The highest BCUT2D eigenvalue weighted by molar-refractivity contribution is 6.53. The van der Waals surface area contributed by atoms with Crippen molar-refractivity contribution >= 4 is 34.8 Å². The summed E-state index contributed by atoms with van der Waals surface area (Å²) in [7, 11) is 0. The van der Waals surface area contributed by atoms with Crippen LogP contribution in [0.3, 0.4) is 0 Å². The van der Waals surface area contributed by atoms with Crippen LogP contribution in [0.2, 0.25) is 0 Å². The molecule has 2 aromatic carbocycles. The van der Waals surface area contributed by atoms with Crippen molar-refractivity contribution in [1.82, 2.24) is 0 Å². The summed E-state index contributed by atoms with van der Waals surface area (Å²) in [5, 5.41) is 0. The molecule has 0 atom stereocenters. The highest BCUT2D eigenvalue weighted by Gasteiger charge is 2.42. The van der Waals surface area contributed by atoms with Crippen molar-refractivity contribution in [3.63, 3.8) is 0 Å². The van der Waals surface area contributed by atoms with Gasteiger partial charge in [-0.1, -0.05) is 72.3 Å². The van der Waals surface area contributed by atoms with Gasteiger partial charge in [-0.15, -0.1) is 11.6 Å². The highest BCUT2D eigenvalue weighted by Crippen LogP contribution is 2.38. The van der Waals surface area contributed by atoms with Gasteiger partial charge in [0, 0.05) is 12.3 Å². The van der Waals surface area contributed by atoms with Crippen LogP contribution < -0.4 is 0 Å². The van der Waals surface area contributed by atoms with Crippen LogP contribution in [0.5, 0.6) is 0 Å². The van der Waals surface area contributed by atoms with Crippen LogP contribution in [-0.4, -0.2) is 17.4 Å². The SMILES string of the molecule is O=C(CCCCl)C(=O)C(Cl)(c1ccccc1)c1ccccc1. The molecule has 0 heterocycles. The maximum atomic E-state index is 12.7. The zero-order valence-electron chi connectivity index (χ0n) is 12.0. The first-order valence-corrected chi connectivity index (χ1v) is 7.95. The number of benzene rings is 2. The van der Waals surface area contributed by atoms with Gasteiger partial charge >= 0.3 is 0 Å². The first-order valence-electron chi connectivity index (χ1n) is 7.04. The quantitative estimate of drug-likeness (QED) is 0.558. The van der Waals surface area contributed by atoms with E-state index in [4.69, 9.17) is 23.2 Å². The first-order chi connectivity index (χ1) is 10.6. The number of carbonyl (C=O) groups excluding carboxylic acids is 2. The van der Waals surface area contributed by atoms with Gasteiger partial charge in [-0.05, 0) is 17.5 Å². The molecule has 0 aromatic heterocycles. The number of carbonyl (C=O) groups is 2. The van der Waals surface area contributed by atoms with Crippen molar-refractivity contribution < 1.29 is 9.59 Å². The standard InChI is InChI=1S/C18H16Cl2O2/c19-13-7-12-16(21)17(22)18(20,14-8-3-1-4-9-14)15-10-5-2-6-11-15/h1-6,8-11H,7,12-13H2. The molecule has 2 aromatic rings. The normalized spacial score (nSPS) is 11.2. The summed E-state index contributed by atoms with van der Waals surface area (Å²) in [6.07, 6.45) is 0.569. The minimum absolute atomic E-state index is 0.108. The van der Waals surface area contributed by atoms with Crippen LogP contribution in [0.1, 0.15) is 24.0 Å². The van der Waals surface area contributed by atoms with E-state index in [2.05, 4.69) is 0 Å². The molecule has 0 N–H and O–H groups in total. The van der Waals surface area contributed by atoms with Crippen LogP contribution >= 0.6 is 23.2 Å². The number of Topliss-reactive ketones (excluding diaryl/α,β-unsaturated/α-hetero) is 2. The Morgan fingerprint density at radius 3 is 1.73 bits per heavy atom. The Kier molecular flexibility index (Phi) is 5.76. The molecular weight excluding hydrogens is 319 g/mol. The van der Waals surface area contributed by atoms with Gasteiger partial charge in [0.05, 0.1) is 0 Å². The summed E-state index contributed by atoms with van der Waals surface area (Å²) in [5.74, 6) is -0.773. The van der Waals surface area contributed by atoms with Gasteiger partial charge in [0.25, 0.3) is 0 Å². The van der Waals surface area contributed by atoms with Crippen LogP contribution in [0.4, 0.5) is 0 Å². The number of hydrogen-bond donors (Lipinski definition) is 0. The Labute approximate surface area is 140 Å². The Balaban J connectivity index is 2.47.